The third-order valence-corrected chi connectivity index (χ3v) is 5.01. The lowest BCUT2D eigenvalue weighted by Crippen LogP contribution is -2.53. The number of amides is 2. The highest BCUT2D eigenvalue weighted by Gasteiger charge is 2.39. The van der Waals surface area contributed by atoms with E-state index >= 15 is 0 Å². The number of nitrogens with one attached hydrogen (secondary N) is 1. The third kappa shape index (κ3) is 3.39. The van der Waals surface area contributed by atoms with Gasteiger partial charge in [-0.2, -0.15) is 0 Å². The van der Waals surface area contributed by atoms with Gasteiger partial charge in [-0.3, -0.25) is 9.59 Å². The van der Waals surface area contributed by atoms with Crippen LogP contribution < -0.4 is 5.32 Å². The molecule has 23 heavy (non-hydrogen) atoms. The molecular formula is C18H24N2O3. The number of nitrogens with zero attached hydrogens (tertiary/aromatic N) is 1. The zero-order valence-electron chi connectivity index (χ0n) is 13.6. The summed E-state index contributed by atoms with van der Waals surface area (Å²) in [7, 11) is 0. The molecule has 0 unspecified atom stereocenters. The van der Waals surface area contributed by atoms with E-state index in [-0.39, 0.29) is 11.5 Å². The summed E-state index contributed by atoms with van der Waals surface area (Å²) in [5.74, 6) is -0.941. The van der Waals surface area contributed by atoms with Crippen molar-refractivity contribution in [1.29, 1.82) is 0 Å². The summed E-state index contributed by atoms with van der Waals surface area (Å²) < 4.78 is 5.41. The summed E-state index contributed by atoms with van der Waals surface area (Å²) in [6, 6.07) is 10.3. The van der Waals surface area contributed by atoms with Crippen LogP contribution in [0.3, 0.4) is 0 Å². The summed E-state index contributed by atoms with van der Waals surface area (Å²) in [5.41, 5.74) is 1.24. The molecule has 1 atom stereocenters. The van der Waals surface area contributed by atoms with Crippen molar-refractivity contribution >= 4 is 11.8 Å². The van der Waals surface area contributed by atoms with Crippen molar-refractivity contribution < 1.29 is 14.3 Å². The highest BCUT2D eigenvalue weighted by molar-refractivity contribution is 6.35. The molecule has 0 radical (unpaired) electrons. The summed E-state index contributed by atoms with van der Waals surface area (Å²) in [5, 5.41) is 2.86. The van der Waals surface area contributed by atoms with Crippen molar-refractivity contribution in [2.75, 3.05) is 26.2 Å². The van der Waals surface area contributed by atoms with E-state index in [0.29, 0.717) is 26.2 Å². The zero-order valence-corrected chi connectivity index (χ0v) is 13.6. The number of ether oxygens (including phenoxy) is 1. The van der Waals surface area contributed by atoms with Gasteiger partial charge in [0.1, 0.15) is 0 Å². The molecule has 2 amide bonds. The van der Waals surface area contributed by atoms with Crippen LogP contribution in [0.5, 0.6) is 0 Å². The Morgan fingerprint density at radius 3 is 2.65 bits per heavy atom. The number of rotatable bonds is 3. The quantitative estimate of drug-likeness (QED) is 0.859. The minimum Gasteiger partial charge on any atom is -0.375 e. The van der Waals surface area contributed by atoms with Gasteiger partial charge in [-0.05, 0) is 25.3 Å². The summed E-state index contributed by atoms with van der Waals surface area (Å²) in [4.78, 5) is 26.1. The van der Waals surface area contributed by atoms with E-state index in [0.717, 1.165) is 12.8 Å². The second-order valence-corrected chi connectivity index (χ2v) is 6.62. The smallest absolute Gasteiger partial charge is 0.312 e. The van der Waals surface area contributed by atoms with Crippen LogP contribution in [0.15, 0.2) is 30.3 Å². The van der Waals surface area contributed by atoms with Gasteiger partial charge >= 0.3 is 11.8 Å². The SMILES string of the molecule is C[C@H]1CN(C(=O)C(=O)NCC2(c3ccccc3)CCC2)CCO1. The van der Waals surface area contributed by atoms with Crippen molar-refractivity contribution in [3.05, 3.63) is 35.9 Å². The molecule has 5 nitrogen and oxygen atoms in total. The molecule has 5 heteroatoms. The Labute approximate surface area is 137 Å². The van der Waals surface area contributed by atoms with E-state index in [4.69, 9.17) is 4.74 Å². The van der Waals surface area contributed by atoms with Crippen molar-refractivity contribution in [1.82, 2.24) is 10.2 Å². The first kappa shape index (κ1) is 16.0. The molecule has 1 saturated carbocycles. The number of carbonyl (C=O) groups excluding carboxylic acids is 2. The molecular weight excluding hydrogens is 292 g/mol. The van der Waals surface area contributed by atoms with Gasteiger partial charge in [-0.25, -0.2) is 0 Å². The van der Waals surface area contributed by atoms with Gasteiger partial charge in [0.25, 0.3) is 0 Å². The van der Waals surface area contributed by atoms with Crippen molar-refractivity contribution in [2.45, 2.75) is 37.7 Å². The van der Waals surface area contributed by atoms with E-state index < -0.39 is 11.8 Å². The lowest BCUT2D eigenvalue weighted by atomic mass is 9.64. The highest BCUT2D eigenvalue weighted by Crippen LogP contribution is 2.43. The second-order valence-electron chi connectivity index (χ2n) is 6.62. The maximum absolute atomic E-state index is 12.3. The fraction of sp³-hybridized carbons (Fsp3) is 0.556. The van der Waals surface area contributed by atoms with E-state index in [1.54, 1.807) is 4.90 Å². The van der Waals surface area contributed by atoms with Crippen LogP contribution >= 0.6 is 0 Å². The number of morpholine rings is 1. The molecule has 1 heterocycles. The lowest BCUT2D eigenvalue weighted by molar-refractivity contribution is -0.150. The normalized spacial score (nSPS) is 23.0. The standard InChI is InChI=1S/C18H24N2O3/c1-14-12-20(10-11-23-14)17(22)16(21)19-13-18(8-5-9-18)15-6-3-2-4-7-15/h2-4,6-7,14H,5,8-13H2,1H3,(H,19,21)/t14-/m0/s1. The van der Waals surface area contributed by atoms with Crippen LogP contribution in [-0.2, 0) is 19.7 Å². The Morgan fingerprint density at radius 1 is 1.30 bits per heavy atom. The van der Waals surface area contributed by atoms with Gasteiger partial charge in [0.2, 0.25) is 0 Å². The summed E-state index contributed by atoms with van der Waals surface area (Å²) in [6.07, 6.45) is 3.27. The monoisotopic (exact) mass is 316 g/mol. The topological polar surface area (TPSA) is 58.6 Å². The number of hydrogen-bond donors (Lipinski definition) is 1. The molecule has 0 spiro atoms. The Kier molecular flexibility index (Phi) is 4.66. The van der Waals surface area contributed by atoms with E-state index in [2.05, 4.69) is 17.4 Å². The van der Waals surface area contributed by atoms with Gasteiger partial charge in [0.05, 0.1) is 12.7 Å². The fourth-order valence-electron chi connectivity index (χ4n) is 3.43. The fourth-order valence-corrected chi connectivity index (χ4v) is 3.43. The molecule has 0 aromatic heterocycles. The molecule has 1 aromatic carbocycles. The molecule has 3 rings (SSSR count). The van der Waals surface area contributed by atoms with Crippen LogP contribution in [0.2, 0.25) is 0 Å². The minimum absolute atomic E-state index is 0.00446. The maximum atomic E-state index is 12.3. The first-order valence-corrected chi connectivity index (χ1v) is 8.35. The van der Waals surface area contributed by atoms with Crippen LogP contribution in [0.4, 0.5) is 0 Å². The Bertz CT molecular complexity index is 569. The average molecular weight is 316 g/mol. The molecule has 1 saturated heterocycles. The first-order chi connectivity index (χ1) is 11.1. The summed E-state index contributed by atoms with van der Waals surface area (Å²) in [6.45, 7) is 3.90. The Morgan fingerprint density at radius 2 is 2.04 bits per heavy atom. The number of benzene rings is 1. The molecule has 124 valence electrons. The van der Waals surface area contributed by atoms with Crippen molar-refractivity contribution in [3.8, 4) is 0 Å². The zero-order chi connectivity index (χ0) is 16.3. The predicted octanol–water partition coefficient (Wildman–Crippen LogP) is 1.47. The first-order valence-electron chi connectivity index (χ1n) is 8.35. The van der Waals surface area contributed by atoms with Crippen LogP contribution in [0.1, 0.15) is 31.7 Å². The van der Waals surface area contributed by atoms with Gasteiger partial charge in [-0.1, -0.05) is 36.8 Å². The average Bonchev–Trinajstić information content (AvgIpc) is 2.54. The molecule has 2 fully saturated rings. The largest absolute Gasteiger partial charge is 0.375 e. The van der Waals surface area contributed by atoms with Crippen LogP contribution in [-0.4, -0.2) is 49.1 Å². The van der Waals surface area contributed by atoms with Crippen LogP contribution in [0.25, 0.3) is 0 Å². The number of hydrogen-bond acceptors (Lipinski definition) is 3. The van der Waals surface area contributed by atoms with E-state index in [1.807, 2.05) is 25.1 Å². The Balaban J connectivity index is 1.58. The van der Waals surface area contributed by atoms with Gasteiger partial charge in [0.15, 0.2) is 0 Å². The molecule has 1 aromatic rings. The Hall–Kier alpha value is -1.88. The molecule has 2 aliphatic rings. The highest BCUT2D eigenvalue weighted by atomic mass is 16.5. The van der Waals surface area contributed by atoms with Crippen molar-refractivity contribution in [3.63, 3.8) is 0 Å². The summed E-state index contributed by atoms with van der Waals surface area (Å²) >= 11 is 0. The predicted molar refractivity (Wildman–Crippen MR) is 87.0 cm³/mol. The van der Waals surface area contributed by atoms with Gasteiger partial charge in [0, 0.05) is 25.0 Å². The van der Waals surface area contributed by atoms with Crippen LogP contribution in [0, 0.1) is 0 Å². The van der Waals surface area contributed by atoms with Gasteiger partial charge < -0.3 is 15.0 Å². The lowest BCUT2D eigenvalue weighted by Gasteiger charge is -2.42. The molecule has 0 bridgehead atoms. The van der Waals surface area contributed by atoms with E-state index in [1.165, 1.54) is 12.0 Å². The molecule has 1 aliphatic heterocycles. The minimum atomic E-state index is -0.499. The van der Waals surface area contributed by atoms with Gasteiger partial charge in [-0.15, -0.1) is 0 Å². The number of carbonyl (C=O) groups is 2. The molecule has 1 aliphatic carbocycles. The third-order valence-electron chi connectivity index (χ3n) is 5.01. The molecule has 1 N–H and O–H groups in total. The second kappa shape index (κ2) is 6.71. The van der Waals surface area contributed by atoms with E-state index in [9.17, 15) is 9.59 Å². The maximum Gasteiger partial charge on any atom is 0.312 e. The van der Waals surface area contributed by atoms with Crippen molar-refractivity contribution in [2.24, 2.45) is 0 Å².